The predicted octanol–water partition coefficient (Wildman–Crippen LogP) is 8.61. The monoisotopic (exact) mass is 618 g/mol. The van der Waals surface area contributed by atoms with Crippen molar-refractivity contribution < 1.29 is 19.7 Å². The molecule has 34 heavy (non-hydrogen) atoms. The molecule has 0 atom stereocenters. The normalized spacial score (nSPS) is 10.8. The zero-order valence-electron chi connectivity index (χ0n) is 18.2. The number of rotatable bonds is 7. The van der Waals surface area contributed by atoms with Gasteiger partial charge < -0.3 is 19.7 Å². The van der Waals surface area contributed by atoms with Crippen molar-refractivity contribution in [3.63, 3.8) is 0 Å². The Bertz CT molecular complexity index is 1240. The van der Waals surface area contributed by atoms with Crippen molar-refractivity contribution in [2.45, 2.75) is 19.6 Å². The molecular weight excluding hydrogens is 600 g/mol. The molecule has 0 amide bonds. The van der Waals surface area contributed by atoms with Crippen molar-refractivity contribution in [3.8, 4) is 34.1 Å². The number of methoxy groups -OCH3 is 2. The molecule has 4 aromatic carbocycles. The molecule has 0 aliphatic carbocycles. The Morgan fingerprint density at radius 3 is 1.38 bits per heavy atom. The summed E-state index contributed by atoms with van der Waals surface area (Å²) in [6.45, 7) is 0. The van der Waals surface area contributed by atoms with Crippen LogP contribution in [0.25, 0.3) is 11.1 Å². The Morgan fingerprint density at radius 2 is 1.03 bits per heavy atom. The van der Waals surface area contributed by atoms with Crippen molar-refractivity contribution in [3.05, 3.63) is 81.7 Å². The highest BCUT2D eigenvalue weighted by atomic mass is 79.9. The van der Waals surface area contributed by atoms with Crippen LogP contribution >= 0.6 is 55.4 Å². The molecule has 4 aromatic rings. The number of phenols is 2. The molecule has 0 saturated carbocycles. The molecule has 0 aliphatic heterocycles. The quantitative estimate of drug-likeness (QED) is 0.216. The van der Waals surface area contributed by atoms with Gasteiger partial charge in [-0.15, -0.1) is 0 Å². The van der Waals surface area contributed by atoms with E-state index in [0.29, 0.717) is 22.6 Å². The van der Waals surface area contributed by atoms with Gasteiger partial charge in [-0.2, -0.15) is 0 Å². The second kappa shape index (κ2) is 11.0. The van der Waals surface area contributed by atoms with Gasteiger partial charge in [0.2, 0.25) is 0 Å². The lowest BCUT2D eigenvalue weighted by Gasteiger charge is -2.16. The van der Waals surface area contributed by atoms with Crippen molar-refractivity contribution in [2.75, 3.05) is 14.2 Å². The Hall–Kier alpha value is -2.26. The van der Waals surface area contributed by atoms with E-state index < -0.39 is 0 Å². The zero-order valence-corrected chi connectivity index (χ0v) is 23.0. The van der Waals surface area contributed by atoms with Crippen LogP contribution in [0.2, 0.25) is 0 Å². The maximum Gasteiger partial charge on any atom is 0.133 e. The van der Waals surface area contributed by atoms with Gasteiger partial charge >= 0.3 is 0 Å². The van der Waals surface area contributed by atoms with E-state index in [4.69, 9.17) is 9.47 Å². The molecule has 0 radical (unpaired) electrons. The molecule has 8 heteroatoms. The number of aromatic hydroxyl groups is 2. The topological polar surface area (TPSA) is 58.9 Å². The van der Waals surface area contributed by atoms with E-state index in [0.717, 1.165) is 28.5 Å². The Kier molecular flexibility index (Phi) is 8.03. The van der Waals surface area contributed by atoms with Crippen LogP contribution in [0.5, 0.6) is 23.0 Å². The fraction of sp³-hybridized carbons (Fsp3) is 0.0769. The van der Waals surface area contributed by atoms with Gasteiger partial charge in [-0.05, 0) is 60.7 Å². The largest absolute Gasteiger partial charge is 0.507 e. The summed E-state index contributed by atoms with van der Waals surface area (Å²) in [5.74, 6) is 1.23. The summed E-state index contributed by atoms with van der Waals surface area (Å²) in [7, 11) is 3.17. The second-order valence-corrected chi connectivity index (χ2v) is 11.2. The third-order valence-corrected chi connectivity index (χ3v) is 7.95. The average molecular weight is 620 g/mol. The first-order valence-electron chi connectivity index (χ1n) is 10.1. The molecule has 0 spiro atoms. The molecular formula is C26H20Br2O4S2. The smallest absolute Gasteiger partial charge is 0.133 e. The third kappa shape index (κ3) is 5.68. The Balaban J connectivity index is 1.72. The zero-order chi connectivity index (χ0) is 24.2. The highest BCUT2D eigenvalue weighted by Gasteiger charge is 2.19. The number of phenolic OH excluding ortho intramolecular Hbond substituents is 2. The van der Waals surface area contributed by atoms with Crippen LogP contribution in [0.1, 0.15) is 0 Å². The van der Waals surface area contributed by atoms with Gasteiger partial charge in [-0.3, -0.25) is 0 Å². The van der Waals surface area contributed by atoms with Crippen molar-refractivity contribution in [2.24, 2.45) is 0 Å². The minimum Gasteiger partial charge on any atom is -0.507 e. The number of benzene rings is 4. The Labute approximate surface area is 223 Å². The van der Waals surface area contributed by atoms with Crippen molar-refractivity contribution >= 4 is 55.4 Å². The molecule has 4 rings (SSSR count). The van der Waals surface area contributed by atoms with Crippen LogP contribution < -0.4 is 9.47 Å². The molecule has 0 bridgehead atoms. The molecule has 0 heterocycles. The number of ether oxygens (including phenoxy) is 2. The maximum atomic E-state index is 10.9. The molecule has 0 unspecified atom stereocenters. The van der Waals surface area contributed by atoms with Crippen molar-refractivity contribution in [1.82, 2.24) is 0 Å². The minimum atomic E-state index is 0.0306. The summed E-state index contributed by atoms with van der Waals surface area (Å²) >= 11 is 9.92. The summed E-state index contributed by atoms with van der Waals surface area (Å²) in [5, 5.41) is 21.8. The molecule has 0 aromatic heterocycles. The lowest BCUT2D eigenvalue weighted by atomic mass is 10.0. The SMILES string of the molecule is COc1cc(-c2cc(OC)c(Sc3cccc(Br)c3)cc2O)c(O)cc1Sc1cccc(Br)c1. The summed E-state index contributed by atoms with van der Waals surface area (Å²) in [4.78, 5) is 3.52. The van der Waals surface area contributed by atoms with E-state index in [9.17, 15) is 10.2 Å². The fourth-order valence-corrected chi connectivity index (χ4v) is 6.42. The molecule has 0 saturated heterocycles. The van der Waals surface area contributed by atoms with Gasteiger partial charge in [0.05, 0.1) is 24.0 Å². The Morgan fingerprint density at radius 1 is 0.618 bits per heavy atom. The number of hydrogen-bond donors (Lipinski definition) is 2. The average Bonchev–Trinajstić information content (AvgIpc) is 2.80. The van der Waals surface area contributed by atoms with Gasteiger partial charge in [0.15, 0.2) is 0 Å². The lowest BCUT2D eigenvalue weighted by molar-refractivity contribution is 0.400. The summed E-state index contributed by atoms with van der Waals surface area (Å²) in [5.41, 5.74) is 0.899. The van der Waals surface area contributed by atoms with Gasteiger partial charge in [-0.25, -0.2) is 0 Å². The third-order valence-electron chi connectivity index (χ3n) is 4.90. The molecule has 4 nitrogen and oxygen atoms in total. The van der Waals surface area contributed by atoms with Crippen molar-refractivity contribution in [1.29, 1.82) is 0 Å². The van der Waals surface area contributed by atoms with Crippen LogP contribution in [0, 0.1) is 0 Å². The highest BCUT2D eigenvalue weighted by Crippen LogP contribution is 2.48. The van der Waals surface area contributed by atoms with Crippen LogP contribution in [-0.2, 0) is 0 Å². The van der Waals surface area contributed by atoms with E-state index in [1.807, 2.05) is 48.5 Å². The first-order chi connectivity index (χ1) is 16.4. The van der Waals surface area contributed by atoms with Crippen LogP contribution in [0.3, 0.4) is 0 Å². The van der Waals surface area contributed by atoms with E-state index in [2.05, 4.69) is 31.9 Å². The first-order valence-corrected chi connectivity index (χ1v) is 13.3. The van der Waals surface area contributed by atoms with E-state index in [1.54, 1.807) is 38.5 Å². The first kappa shape index (κ1) is 24.9. The highest BCUT2D eigenvalue weighted by molar-refractivity contribution is 9.10. The van der Waals surface area contributed by atoms with E-state index in [-0.39, 0.29) is 11.5 Å². The molecule has 0 fully saturated rings. The maximum absolute atomic E-state index is 10.9. The van der Waals surface area contributed by atoms with Crippen LogP contribution in [0.15, 0.2) is 101 Å². The fourth-order valence-electron chi connectivity index (χ4n) is 3.32. The van der Waals surface area contributed by atoms with Gasteiger partial charge in [0.25, 0.3) is 0 Å². The molecule has 174 valence electrons. The van der Waals surface area contributed by atoms with Crippen LogP contribution in [-0.4, -0.2) is 24.4 Å². The van der Waals surface area contributed by atoms with Gasteiger partial charge in [0, 0.05) is 29.9 Å². The van der Waals surface area contributed by atoms with Crippen LogP contribution in [0.4, 0.5) is 0 Å². The van der Waals surface area contributed by atoms with E-state index >= 15 is 0 Å². The summed E-state index contributed by atoms with van der Waals surface area (Å²) in [6, 6.07) is 22.5. The summed E-state index contributed by atoms with van der Waals surface area (Å²) < 4.78 is 13.2. The lowest BCUT2D eigenvalue weighted by Crippen LogP contribution is -1.92. The standard InChI is InChI=1S/C26H20Br2O4S2/c1-31-23-11-19(21(29)13-25(23)33-17-7-3-5-15(27)9-17)20-12-24(32-2)26(14-22(20)30)34-18-8-4-6-16(28)10-18/h3-14,29-30H,1-2H3. The van der Waals surface area contributed by atoms with Gasteiger partial charge in [0.1, 0.15) is 23.0 Å². The number of halogens is 2. The molecule has 0 aliphatic rings. The predicted molar refractivity (Wildman–Crippen MR) is 145 cm³/mol. The van der Waals surface area contributed by atoms with E-state index in [1.165, 1.54) is 23.5 Å². The number of hydrogen-bond acceptors (Lipinski definition) is 6. The summed E-state index contributed by atoms with van der Waals surface area (Å²) in [6.07, 6.45) is 0. The molecule has 2 N–H and O–H groups in total. The second-order valence-electron chi connectivity index (χ2n) is 7.16. The van der Waals surface area contributed by atoms with Gasteiger partial charge in [-0.1, -0.05) is 67.5 Å². The minimum absolute atomic E-state index is 0.0306.